The first kappa shape index (κ1) is 41.8. The van der Waals surface area contributed by atoms with Crippen LogP contribution >= 0.6 is 0 Å². The van der Waals surface area contributed by atoms with Gasteiger partial charge in [0.05, 0.1) is 52.7 Å². The Morgan fingerprint density at radius 2 is 1.50 bits per heavy atom. The van der Waals surface area contributed by atoms with Crippen molar-refractivity contribution in [2.45, 2.75) is 70.9 Å². The summed E-state index contributed by atoms with van der Waals surface area (Å²) in [7, 11) is 3.30. The number of nitrogens with zero attached hydrogens (tertiary/aromatic N) is 5. The van der Waals surface area contributed by atoms with Crippen LogP contribution in [-0.4, -0.2) is 90.0 Å². The second kappa shape index (κ2) is 24.4. The van der Waals surface area contributed by atoms with Crippen molar-refractivity contribution in [3.8, 4) is 17.3 Å². The van der Waals surface area contributed by atoms with Gasteiger partial charge in [0.1, 0.15) is 17.8 Å². The highest BCUT2D eigenvalue weighted by Gasteiger charge is 2.14. The third kappa shape index (κ3) is 15.2. The maximum atomic E-state index is 13.2. The monoisotopic (exact) mass is 745 g/mol. The van der Waals surface area contributed by atoms with Crippen LogP contribution < -0.4 is 15.4 Å². The first-order chi connectivity index (χ1) is 26.4. The van der Waals surface area contributed by atoms with E-state index in [2.05, 4.69) is 35.5 Å². The molecule has 0 saturated heterocycles. The number of nitrogens with one attached hydrogen (secondary N) is 2. The lowest BCUT2D eigenvalue weighted by Crippen LogP contribution is -2.26. The number of rotatable bonds is 27. The quantitative estimate of drug-likeness (QED) is 0.0534. The summed E-state index contributed by atoms with van der Waals surface area (Å²) in [5.74, 6) is 1.85. The molecule has 0 radical (unpaired) electrons. The number of esters is 1. The molecular weight excluding hydrogens is 690 g/mol. The van der Waals surface area contributed by atoms with Gasteiger partial charge in [-0.1, -0.05) is 31.0 Å². The molecule has 0 saturated carbocycles. The van der Waals surface area contributed by atoms with Crippen LogP contribution in [0, 0.1) is 0 Å². The van der Waals surface area contributed by atoms with Gasteiger partial charge >= 0.3 is 5.97 Å². The SMILES string of the molecule is COC(=O)CCCCCOCCOCCOCCCCCCOc1cccc([C@H](C)NC(=O)c2cccc(NCc3nnc(-c4ccncn4)n3C)c2)c1. The Morgan fingerprint density at radius 1 is 0.796 bits per heavy atom. The van der Waals surface area contributed by atoms with Crippen LogP contribution in [0.15, 0.2) is 67.1 Å². The number of aromatic nitrogens is 5. The van der Waals surface area contributed by atoms with E-state index in [1.807, 2.05) is 61.0 Å². The van der Waals surface area contributed by atoms with Crippen LogP contribution in [-0.2, 0) is 37.3 Å². The zero-order chi connectivity index (χ0) is 38.2. The van der Waals surface area contributed by atoms with Crippen molar-refractivity contribution in [2.24, 2.45) is 7.05 Å². The lowest BCUT2D eigenvalue weighted by atomic mass is 10.1. The molecule has 0 bridgehead atoms. The Balaban J connectivity index is 1.03. The molecule has 0 fully saturated rings. The molecular formula is C40H55N7O7. The van der Waals surface area contributed by atoms with Gasteiger partial charge in [0.15, 0.2) is 11.6 Å². The van der Waals surface area contributed by atoms with Crippen molar-refractivity contribution in [1.82, 2.24) is 30.0 Å². The minimum Gasteiger partial charge on any atom is -0.494 e. The summed E-state index contributed by atoms with van der Waals surface area (Å²) in [6.45, 7) is 6.66. The first-order valence-electron chi connectivity index (χ1n) is 18.8. The number of unbranched alkanes of at least 4 members (excludes halogenated alkanes) is 5. The number of anilines is 1. The zero-order valence-corrected chi connectivity index (χ0v) is 31.8. The number of methoxy groups -OCH3 is 1. The van der Waals surface area contributed by atoms with Gasteiger partial charge in [0.2, 0.25) is 0 Å². The third-order valence-electron chi connectivity index (χ3n) is 8.65. The average molecular weight is 746 g/mol. The van der Waals surface area contributed by atoms with Crippen LogP contribution in [0.4, 0.5) is 5.69 Å². The molecule has 292 valence electrons. The Morgan fingerprint density at radius 3 is 2.22 bits per heavy atom. The molecule has 0 spiro atoms. The molecule has 0 aliphatic carbocycles. The zero-order valence-electron chi connectivity index (χ0n) is 31.8. The van der Waals surface area contributed by atoms with Gasteiger partial charge in [0.25, 0.3) is 5.91 Å². The van der Waals surface area contributed by atoms with Gasteiger partial charge in [-0.15, -0.1) is 10.2 Å². The lowest BCUT2D eigenvalue weighted by molar-refractivity contribution is -0.140. The van der Waals surface area contributed by atoms with Gasteiger partial charge in [-0.25, -0.2) is 9.97 Å². The highest BCUT2D eigenvalue weighted by molar-refractivity contribution is 5.95. The minimum atomic E-state index is -0.211. The molecule has 2 aromatic heterocycles. The number of amides is 1. The van der Waals surface area contributed by atoms with Gasteiger partial charge in [0, 0.05) is 44.1 Å². The molecule has 1 amide bonds. The Bertz CT molecular complexity index is 1670. The number of hydrogen-bond acceptors (Lipinski definition) is 12. The predicted octanol–water partition coefficient (Wildman–Crippen LogP) is 6.10. The highest BCUT2D eigenvalue weighted by atomic mass is 16.5. The van der Waals surface area contributed by atoms with E-state index in [9.17, 15) is 9.59 Å². The van der Waals surface area contributed by atoms with E-state index in [-0.39, 0.29) is 17.9 Å². The summed E-state index contributed by atoms with van der Waals surface area (Å²) in [5, 5.41) is 15.0. The van der Waals surface area contributed by atoms with Gasteiger partial charge in [-0.05, 0) is 81.0 Å². The summed E-state index contributed by atoms with van der Waals surface area (Å²) < 4.78 is 29.3. The summed E-state index contributed by atoms with van der Waals surface area (Å²) in [6, 6.07) is 16.8. The highest BCUT2D eigenvalue weighted by Crippen LogP contribution is 2.21. The summed E-state index contributed by atoms with van der Waals surface area (Å²) in [5.41, 5.74) is 3.01. The molecule has 2 N–H and O–H groups in total. The Labute approximate surface area is 318 Å². The lowest BCUT2D eigenvalue weighted by Gasteiger charge is -2.16. The minimum absolute atomic E-state index is 0.160. The Kier molecular flexibility index (Phi) is 18.9. The van der Waals surface area contributed by atoms with E-state index in [0.29, 0.717) is 76.3 Å². The number of carbonyl (C=O) groups excluding carboxylic acids is 2. The predicted molar refractivity (Wildman–Crippen MR) is 205 cm³/mol. The third-order valence-corrected chi connectivity index (χ3v) is 8.65. The van der Waals surface area contributed by atoms with Crippen LogP contribution in [0.5, 0.6) is 5.75 Å². The molecule has 2 aromatic carbocycles. The van der Waals surface area contributed by atoms with Crippen molar-refractivity contribution < 1.29 is 33.3 Å². The standard InChI is InChI=1S/C40H55N7O7/c1-31(44-40(49)33-14-11-15-34(27-33)42-29-37-45-46-39(47(37)2)36-18-19-41-30-43-36)32-13-12-16-35(28-32)54-22-10-5-4-8-20-51-23-25-53-26-24-52-21-9-6-7-17-38(48)50-3/h11-16,18-19,27-28,30-31,42H,4-10,17,20-26,29H2,1-3H3,(H,44,49)/t31-/m0/s1. The summed E-state index contributed by atoms with van der Waals surface area (Å²) >= 11 is 0. The maximum Gasteiger partial charge on any atom is 0.305 e. The van der Waals surface area contributed by atoms with Gasteiger partial charge < -0.3 is 38.9 Å². The fourth-order valence-corrected chi connectivity index (χ4v) is 5.49. The first-order valence-corrected chi connectivity index (χ1v) is 18.8. The number of benzene rings is 2. The van der Waals surface area contributed by atoms with Crippen molar-refractivity contribution in [3.63, 3.8) is 0 Å². The van der Waals surface area contributed by atoms with E-state index in [1.165, 1.54) is 13.4 Å². The molecule has 54 heavy (non-hydrogen) atoms. The largest absolute Gasteiger partial charge is 0.494 e. The second-order valence-corrected chi connectivity index (χ2v) is 12.8. The molecule has 14 nitrogen and oxygen atoms in total. The van der Waals surface area contributed by atoms with E-state index < -0.39 is 0 Å². The molecule has 0 aliphatic heterocycles. The maximum absolute atomic E-state index is 13.2. The summed E-state index contributed by atoms with van der Waals surface area (Å²) in [6.07, 6.45) is 10.4. The number of ether oxygens (including phenoxy) is 5. The molecule has 14 heteroatoms. The number of carbonyl (C=O) groups is 2. The van der Waals surface area contributed by atoms with Gasteiger partial charge in [-0.2, -0.15) is 0 Å². The van der Waals surface area contributed by atoms with E-state index in [1.54, 1.807) is 18.3 Å². The fraction of sp³-hybridized carbons (Fsp3) is 0.500. The summed E-state index contributed by atoms with van der Waals surface area (Å²) in [4.78, 5) is 32.5. The molecule has 1 atom stereocenters. The van der Waals surface area contributed by atoms with E-state index in [0.717, 1.165) is 67.8 Å². The van der Waals surface area contributed by atoms with Crippen molar-refractivity contribution >= 4 is 17.6 Å². The van der Waals surface area contributed by atoms with E-state index in [4.69, 9.17) is 18.9 Å². The van der Waals surface area contributed by atoms with Crippen LogP contribution in [0.2, 0.25) is 0 Å². The molecule has 0 unspecified atom stereocenters. The molecule has 4 rings (SSSR count). The second-order valence-electron chi connectivity index (χ2n) is 12.8. The van der Waals surface area contributed by atoms with Gasteiger partial charge in [-0.3, -0.25) is 9.59 Å². The van der Waals surface area contributed by atoms with Crippen molar-refractivity contribution in [2.75, 3.05) is 58.7 Å². The van der Waals surface area contributed by atoms with Crippen LogP contribution in [0.3, 0.4) is 0 Å². The fourth-order valence-electron chi connectivity index (χ4n) is 5.49. The van der Waals surface area contributed by atoms with Crippen LogP contribution in [0.1, 0.15) is 86.1 Å². The average Bonchev–Trinajstić information content (AvgIpc) is 3.57. The number of hydrogen-bond donors (Lipinski definition) is 2. The van der Waals surface area contributed by atoms with E-state index >= 15 is 0 Å². The molecule has 2 heterocycles. The normalized spacial score (nSPS) is 11.6. The molecule has 4 aromatic rings. The Hall–Kier alpha value is -4.92. The van der Waals surface area contributed by atoms with Crippen molar-refractivity contribution in [1.29, 1.82) is 0 Å². The topological polar surface area (TPSA) is 161 Å². The molecule has 0 aliphatic rings. The smallest absolute Gasteiger partial charge is 0.305 e. The van der Waals surface area contributed by atoms with Crippen LogP contribution in [0.25, 0.3) is 11.5 Å². The van der Waals surface area contributed by atoms with Crippen molar-refractivity contribution in [3.05, 3.63) is 84.1 Å².